The molecule has 0 aliphatic rings. The van der Waals surface area contributed by atoms with Crippen LogP contribution in [0.3, 0.4) is 0 Å². The number of rotatable bonds is 0. The number of imidazole rings is 1. The summed E-state index contributed by atoms with van der Waals surface area (Å²) in [6.07, 6.45) is 1.81. The van der Waals surface area contributed by atoms with Crippen LogP contribution in [0, 0.1) is 25.2 Å². The van der Waals surface area contributed by atoms with E-state index in [2.05, 4.69) is 16.2 Å². The molecule has 0 aromatic carbocycles. The average Bonchev–Trinajstić information content (AvgIpc) is 2.43. The number of aryl methyl sites for hydroxylation is 2. The van der Waals surface area contributed by atoms with Crippen molar-refractivity contribution in [2.24, 2.45) is 0 Å². The van der Waals surface area contributed by atoms with Crippen molar-refractivity contribution in [3.05, 3.63) is 29.2 Å². The molecular weight excluding hydrogens is 164 g/mol. The van der Waals surface area contributed by atoms with Crippen LogP contribution in [-0.4, -0.2) is 14.6 Å². The number of aromatic nitrogens is 3. The van der Waals surface area contributed by atoms with Crippen molar-refractivity contribution in [3.63, 3.8) is 0 Å². The topological polar surface area (TPSA) is 54.0 Å². The standard InChI is InChI=1S/C9H8N4/c1-6-3-8(4-10)9-11-7(2)5-13(9)12-6/h3,5H,1-2H3. The van der Waals surface area contributed by atoms with Crippen molar-refractivity contribution < 1.29 is 0 Å². The molecule has 2 heterocycles. The minimum Gasteiger partial charge on any atom is -0.231 e. The first-order chi connectivity index (χ1) is 6.20. The van der Waals surface area contributed by atoms with Gasteiger partial charge < -0.3 is 0 Å². The van der Waals surface area contributed by atoms with Crippen molar-refractivity contribution in [1.82, 2.24) is 14.6 Å². The molecule has 0 N–H and O–H groups in total. The van der Waals surface area contributed by atoms with Gasteiger partial charge in [-0.15, -0.1) is 0 Å². The molecule has 4 heteroatoms. The Labute approximate surface area is 75.4 Å². The number of nitriles is 1. The van der Waals surface area contributed by atoms with Crippen molar-refractivity contribution in [3.8, 4) is 6.07 Å². The van der Waals surface area contributed by atoms with Gasteiger partial charge in [0.1, 0.15) is 6.07 Å². The predicted molar refractivity (Wildman–Crippen MR) is 47.2 cm³/mol. The van der Waals surface area contributed by atoms with Gasteiger partial charge in [-0.1, -0.05) is 0 Å². The second kappa shape index (κ2) is 2.56. The summed E-state index contributed by atoms with van der Waals surface area (Å²) in [6, 6.07) is 3.84. The van der Waals surface area contributed by atoms with Crippen LogP contribution in [0.25, 0.3) is 5.65 Å². The Hall–Kier alpha value is -1.89. The first-order valence-corrected chi connectivity index (χ1v) is 3.94. The molecule has 4 nitrogen and oxygen atoms in total. The molecule has 0 spiro atoms. The van der Waals surface area contributed by atoms with Crippen LogP contribution >= 0.6 is 0 Å². The molecule has 0 bridgehead atoms. The highest BCUT2D eigenvalue weighted by molar-refractivity contribution is 5.55. The minimum absolute atomic E-state index is 0.570. The van der Waals surface area contributed by atoms with Gasteiger partial charge in [0, 0.05) is 0 Å². The highest BCUT2D eigenvalue weighted by Crippen LogP contribution is 2.09. The van der Waals surface area contributed by atoms with E-state index in [1.165, 1.54) is 0 Å². The molecule has 2 rings (SSSR count). The number of nitrogens with zero attached hydrogens (tertiary/aromatic N) is 4. The molecule has 0 fully saturated rings. The Morgan fingerprint density at radius 3 is 2.85 bits per heavy atom. The Kier molecular flexibility index (Phi) is 1.52. The second-order valence-corrected chi connectivity index (χ2v) is 2.96. The zero-order valence-electron chi connectivity index (χ0n) is 7.44. The molecule has 0 aliphatic heterocycles. The Balaban J connectivity index is 2.90. The fourth-order valence-corrected chi connectivity index (χ4v) is 1.30. The summed E-state index contributed by atoms with van der Waals surface area (Å²) in [7, 11) is 0. The smallest absolute Gasteiger partial charge is 0.171 e. The molecule has 0 aliphatic carbocycles. The second-order valence-electron chi connectivity index (χ2n) is 2.96. The normalized spacial score (nSPS) is 10.2. The van der Waals surface area contributed by atoms with E-state index in [1.54, 1.807) is 10.6 Å². The lowest BCUT2D eigenvalue weighted by Crippen LogP contribution is -1.95. The molecule has 0 saturated heterocycles. The average molecular weight is 172 g/mol. The number of fused-ring (bicyclic) bond motifs is 1. The molecule has 13 heavy (non-hydrogen) atoms. The summed E-state index contributed by atoms with van der Waals surface area (Å²) in [4.78, 5) is 4.20. The number of hydrogen-bond acceptors (Lipinski definition) is 3. The highest BCUT2D eigenvalue weighted by atomic mass is 15.2. The van der Waals surface area contributed by atoms with Crippen molar-refractivity contribution in [2.75, 3.05) is 0 Å². The van der Waals surface area contributed by atoms with Crippen molar-refractivity contribution in [1.29, 1.82) is 5.26 Å². The van der Waals surface area contributed by atoms with E-state index in [9.17, 15) is 0 Å². The van der Waals surface area contributed by atoms with Crippen LogP contribution in [0.15, 0.2) is 12.3 Å². The van der Waals surface area contributed by atoms with Gasteiger partial charge in [-0.25, -0.2) is 9.50 Å². The maximum absolute atomic E-state index is 8.84. The van der Waals surface area contributed by atoms with E-state index in [0.29, 0.717) is 11.2 Å². The summed E-state index contributed by atoms with van der Waals surface area (Å²) in [6.45, 7) is 3.74. The third kappa shape index (κ3) is 1.14. The van der Waals surface area contributed by atoms with E-state index >= 15 is 0 Å². The summed E-state index contributed by atoms with van der Waals surface area (Å²) in [5.41, 5.74) is 2.89. The van der Waals surface area contributed by atoms with Crippen LogP contribution in [0.4, 0.5) is 0 Å². The molecule has 2 aromatic heterocycles. The maximum Gasteiger partial charge on any atom is 0.171 e. The quantitative estimate of drug-likeness (QED) is 0.600. The number of hydrogen-bond donors (Lipinski definition) is 0. The van der Waals surface area contributed by atoms with Gasteiger partial charge in [-0.2, -0.15) is 10.4 Å². The molecule has 0 saturated carbocycles. The first-order valence-electron chi connectivity index (χ1n) is 3.94. The fourth-order valence-electron chi connectivity index (χ4n) is 1.30. The SMILES string of the molecule is Cc1cn2nc(C)cc(C#N)c2n1. The summed E-state index contributed by atoms with van der Waals surface area (Å²) in [5.74, 6) is 0. The zero-order valence-corrected chi connectivity index (χ0v) is 7.44. The third-order valence-corrected chi connectivity index (χ3v) is 1.79. The molecular formula is C9H8N4. The summed E-state index contributed by atoms with van der Waals surface area (Å²) < 4.78 is 1.64. The van der Waals surface area contributed by atoms with Gasteiger partial charge in [0.2, 0.25) is 0 Å². The van der Waals surface area contributed by atoms with Gasteiger partial charge in [0.05, 0.1) is 23.1 Å². The molecule has 0 unspecified atom stereocenters. The van der Waals surface area contributed by atoms with E-state index in [1.807, 2.05) is 20.0 Å². The molecule has 2 aromatic rings. The van der Waals surface area contributed by atoms with E-state index < -0.39 is 0 Å². The van der Waals surface area contributed by atoms with Crippen LogP contribution < -0.4 is 0 Å². The minimum atomic E-state index is 0.570. The largest absolute Gasteiger partial charge is 0.231 e. The van der Waals surface area contributed by atoms with Crippen LogP contribution in [0.2, 0.25) is 0 Å². The van der Waals surface area contributed by atoms with Crippen LogP contribution in [-0.2, 0) is 0 Å². The van der Waals surface area contributed by atoms with Gasteiger partial charge in [0.25, 0.3) is 0 Å². The van der Waals surface area contributed by atoms with Crippen molar-refractivity contribution in [2.45, 2.75) is 13.8 Å². The van der Waals surface area contributed by atoms with Crippen LogP contribution in [0.5, 0.6) is 0 Å². The monoisotopic (exact) mass is 172 g/mol. The van der Waals surface area contributed by atoms with Gasteiger partial charge in [-0.3, -0.25) is 0 Å². The molecule has 64 valence electrons. The molecule has 0 atom stereocenters. The third-order valence-electron chi connectivity index (χ3n) is 1.79. The van der Waals surface area contributed by atoms with E-state index in [0.717, 1.165) is 11.4 Å². The van der Waals surface area contributed by atoms with E-state index in [4.69, 9.17) is 5.26 Å². The Bertz CT molecular complexity index is 504. The maximum atomic E-state index is 8.84. The van der Waals surface area contributed by atoms with Crippen LogP contribution in [0.1, 0.15) is 17.0 Å². The van der Waals surface area contributed by atoms with Gasteiger partial charge in [-0.05, 0) is 19.9 Å². The van der Waals surface area contributed by atoms with E-state index in [-0.39, 0.29) is 0 Å². The summed E-state index contributed by atoms with van der Waals surface area (Å²) >= 11 is 0. The fraction of sp³-hybridized carbons (Fsp3) is 0.222. The van der Waals surface area contributed by atoms with Gasteiger partial charge in [0.15, 0.2) is 5.65 Å². The Morgan fingerprint density at radius 1 is 1.38 bits per heavy atom. The summed E-state index contributed by atoms with van der Waals surface area (Å²) in [5, 5.41) is 13.0. The first kappa shape index (κ1) is 7.74. The lowest BCUT2D eigenvalue weighted by atomic mass is 10.3. The molecule has 0 radical (unpaired) electrons. The lowest BCUT2D eigenvalue weighted by molar-refractivity contribution is 0.897. The predicted octanol–water partition coefficient (Wildman–Crippen LogP) is 1.22. The van der Waals surface area contributed by atoms with Crippen molar-refractivity contribution >= 4 is 5.65 Å². The highest BCUT2D eigenvalue weighted by Gasteiger charge is 2.05. The lowest BCUT2D eigenvalue weighted by Gasteiger charge is -1.95. The Morgan fingerprint density at radius 2 is 2.15 bits per heavy atom. The van der Waals surface area contributed by atoms with Gasteiger partial charge >= 0.3 is 0 Å². The molecule has 0 amide bonds. The zero-order chi connectivity index (χ0) is 9.42.